The van der Waals surface area contributed by atoms with Crippen LogP contribution in [-0.2, 0) is 11.2 Å². The molecule has 0 aliphatic carbocycles. The molecule has 1 atom stereocenters. The molecule has 0 spiro atoms. The first-order valence-electron chi connectivity index (χ1n) is 6.87. The molecule has 114 valence electrons. The van der Waals surface area contributed by atoms with Crippen molar-refractivity contribution in [2.75, 3.05) is 26.8 Å². The fraction of sp³-hybridized carbons (Fsp3) is 0.375. The van der Waals surface area contributed by atoms with Gasteiger partial charge in [0.2, 0.25) is 0 Å². The zero-order valence-corrected chi connectivity index (χ0v) is 15.9. The summed E-state index contributed by atoms with van der Waals surface area (Å²) in [6, 6.07) is 10.7. The Hall–Kier alpha value is -0.200. The van der Waals surface area contributed by atoms with Gasteiger partial charge in [0.05, 0.1) is 6.61 Å². The molecule has 1 aromatic heterocycles. The maximum absolute atomic E-state index is 5.10. The second kappa shape index (κ2) is 9.06. The Kier molecular flexibility index (Phi) is 7.40. The van der Waals surface area contributed by atoms with Crippen molar-refractivity contribution in [2.45, 2.75) is 12.3 Å². The molecule has 2 rings (SSSR count). The van der Waals surface area contributed by atoms with Crippen LogP contribution in [0, 0.1) is 0 Å². The van der Waals surface area contributed by atoms with Crippen molar-refractivity contribution in [3.8, 4) is 0 Å². The van der Waals surface area contributed by atoms with E-state index in [1.807, 2.05) is 11.3 Å². The highest BCUT2D eigenvalue weighted by atomic mass is 79.9. The SMILES string of the molecule is COCCNCC(Cc1cc(Br)cs1)c1ccccc1Br. The van der Waals surface area contributed by atoms with Gasteiger partial charge in [-0.25, -0.2) is 0 Å². The molecule has 0 aliphatic heterocycles. The van der Waals surface area contributed by atoms with Crippen LogP contribution in [0.15, 0.2) is 44.7 Å². The Morgan fingerprint density at radius 3 is 2.76 bits per heavy atom. The predicted molar refractivity (Wildman–Crippen MR) is 97.4 cm³/mol. The van der Waals surface area contributed by atoms with E-state index in [1.165, 1.54) is 19.4 Å². The molecule has 2 aromatic rings. The molecule has 0 saturated heterocycles. The zero-order chi connectivity index (χ0) is 15.1. The van der Waals surface area contributed by atoms with Gasteiger partial charge in [0.25, 0.3) is 0 Å². The monoisotopic (exact) mass is 431 g/mol. The van der Waals surface area contributed by atoms with Crippen molar-refractivity contribution in [1.29, 1.82) is 0 Å². The molecular weight excluding hydrogens is 414 g/mol. The first kappa shape index (κ1) is 17.2. The highest BCUT2D eigenvalue weighted by Gasteiger charge is 2.15. The lowest BCUT2D eigenvalue weighted by molar-refractivity contribution is 0.199. The third-order valence-electron chi connectivity index (χ3n) is 3.29. The average molecular weight is 433 g/mol. The van der Waals surface area contributed by atoms with Gasteiger partial charge in [-0.3, -0.25) is 0 Å². The molecule has 0 aliphatic rings. The van der Waals surface area contributed by atoms with Crippen LogP contribution in [0.5, 0.6) is 0 Å². The largest absolute Gasteiger partial charge is 0.383 e. The van der Waals surface area contributed by atoms with E-state index in [2.05, 4.69) is 72.9 Å². The van der Waals surface area contributed by atoms with Gasteiger partial charge in [0.15, 0.2) is 0 Å². The fourth-order valence-corrected chi connectivity index (χ4v) is 4.39. The van der Waals surface area contributed by atoms with Crippen molar-refractivity contribution in [2.24, 2.45) is 0 Å². The summed E-state index contributed by atoms with van der Waals surface area (Å²) in [4.78, 5) is 1.40. The molecule has 0 amide bonds. The van der Waals surface area contributed by atoms with Gasteiger partial charge in [-0.2, -0.15) is 0 Å². The molecule has 0 fully saturated rings. The second-order valence-electron chi connectivity index (χ2n) is 4.85. The quantitative estimate of drug-likeness (QED) is 0.602. The lowest BCUT2D eigenvalue weighted by Crippen LogP contribution is -2.26. The summed E-state index contributed by atoms with van der Waals surface area (Å²) in [5.41, 5.74) is 1.35. The fourth-order valence-electron chi connectivity index (χ4n) is 2.25. The summed E-state index contributed by atoms with van der Waals surface area (Å²) in [7, 11) is 1.73. The van der Waals surface area contributed by atoms with Crippen LogP contribution in [0.4, 0.5) is 0 Å². The molecule has 2 nitrogen and oxygen atoms in total. The molecule has 1 N–H and O–H groups in total. The highest BCUT2D eigenvalue weighted by Crippen LogP contribution is 2.30. The van der Waals surface area contributed by atoms with Crippen LogP contribution in [0.25, 0.3) is 0 Å². The third-order valence-corrected chi connectivity index (χ3v) is 5.73. The van der Waals surface area contributed by atoms with E-state index in [0.717, 1.165) is 26.1 Å². The molecule has 1 heterocycles. The zero-order valence-electron chi connectivity index (χ0n) is 11.9. The highest BCUT2D eigenvalue weighted by molar-refractivity contribution is 9.10. The topological polar surface area (TPSA) is 21.3 Å². The summed E-state index contributed by atoms with van der Waals surface area (Å²) in [5.74, 6) is 0.447. The second-order valence-corrected chi connectivity index (χ2v) is 7.62. The van der Waals surface area contributed by atoms with E-state index in [-0.39, 0.29) is 0 Å². The van der Waals surface area contributed by atoms with Crippen LogP contribution in [-0.4, -0.2) is 26.8 Å². The van der Waals surface area contributed by atoms with Crippen molar-refractivity contribution < 1.29 is 4.74 Å². The number of ether oxygens (including phenoxy) is 1. The third kappa shape index (κ3) is 5.49. The number of rotatable bonds is 8. The Bertz CT molecular complexity index is 559. The lowest BCUT2D eigenvalue weighted by atomic mass is 9.95. The normalized spacial score (nSPS) is 12.5. The minimum absolute atomic E-state index is 0.447. The molecular formula is C16H19Br2NOS. The van der Waals surface area contributed by atoms with Crippen LogP contribution in [0.2, 0.25) is 0 Å². The first-order valence-corrected chi connectivity index (χ1v) is 9.34. The Balaban J connectivity index is 2.08. The number of benzene rings is 1. The molecule has 5 heteroatoms. The molecule has 0 radical (unpaired) electrons. The van der Waals surface area contributed by atoms with Gasteiger partial charge in [0.1, 0.15) is 0 Å². The van der Waals surface area contributed by atoms with Crippen molar-refractivity contribution in [3.63, 3.8) is 0 Å². The van der Waals surface area contributed by atoms with Crippen molar-refractivity contribution in [3.05, 3.63) is 55.1 Å². The van der Waals surface area contributed by atoms with E-state index in [1.54, 1.807) is 7.11 Å². The number of nitrogens with one attached hydrogen (secondary N) is 1. The Morgan fingerprint density at radius 1 is 1.29 bits per heavy atom. The smallest absolute Gasteiger partial charge is 0.0587 e. The molecule has 0 bridgehead atoms. The lowest BCUT2D eigenvalue weighted by Gasteiger charge is -2.19. The van der Waals surface area contributed by atoms with Gasteiger partial charge < -0.3 is 10.1 Å². The van der Waals surface area contributed by atoms with Crippen LogP contribution in [0.3, 0.4) is 0 Å². The van der Waals surface area contributed by atoms with Crippen LogP contribution in [0.1, 0.15) is 16.4 Å². The number of halogens is 2. The minimum atomic E-state index is 0.447. The summed E-state index contributed by atoms with van der Waals surface area (Å²) < 4.78 is 7.45. The van der Waals surface area contributed by atoms with E-state index < -0.39 is 0 Å². The molecule has 1 unspecified atom stereocenters. The van der Waals surface area contributed by atoms with Crippen LogP contribution >= 0.6 is 43.2 Å². The average Bonchev–Trinajstić information content (AvgIpc) is 2.88. The van der Waals surface area contributed by atoms with Gasteiger partial charge in [-0.05, 0) is 40.0 Å². The minimum Gasteiger partial charge on any atom is -0.383 e. The van der Waals surface area contributed by atoms with Gasteiger partial charge >= 0.3 is 0 Å². The summed E-state index contributed by atoms with van der Waals surface area (Å²) in [6.45, 7) is 2.57. The maximum atomic E-state index is 5.10. The molecule has 0 saturated carbocycles. The summed E-state index contributed by atoms with van der Waals surface area (Å²) in [6.07, 6.45) is 1.04. The maximum Gasteiger partial charge on any atom is 0.0587 e. The van der Waals surface area contributed by atoms with Crippen LogP contribution < -0.4 is 5.32 Å². The van der Waals surface area contributed by atoms with E-state index in [0.29, 0.717) is 5.92 Å². The van der Waals surface area contributed by atoms with E-state index >= 15 is 0 Å². The van der Waals surface area contributed by atoms with Gasteiger partial charge in [-0.15, -0.1) is 11.3 Å². The van der Waals surface area contributed by atoms with Gasteiger partial charge in [0, 0.05) is 45.3 Å². The predicted octanol–water partition coefficient (Wildman–Crippen LogP) is 4.84. The standard InChI is InChI=1S/C16H19Br2NOS/c1-20-7-6-19-10-12(8-14-9-13(17)11-21-14)15-4-2-3-5-16(15)18/h2-5,9,11-12,19H,6-8,10H2,1H3. The number of methoxy groups -OCH3 is 1. The molecule has 1 aromatic carbocycles. The van der Waals surface area contributed by atoms with E-state index in [4.69, 9.17) is 4.74 Å². The summed E-state index contributed by atoms with van der Waals surface area (Å²) in [5, 5.41) is 5.63. The number of thiophene rings is 1. The number of hydrogen-bond acceptors (Lipinski definition) is 3. The van der Waals surface area contributed by atoms with E-state index in [9.17, 15) is 0 Å². The van der Waals surface area contributed by atoms with Crippen molar-refractivity contribution in [1.82, 2.24) is 5.32 Å². The first-order chi connectivity index (χ1) is 10.2. The molecule has 21 heavy (non-hydrogen) atoms. The number of hydrogen-bond donors (Lipinski definition) is 1. The Morgan fingerprint density at radius 2 is 2.10 bits per heavy atom. The summed E-state index contributed by atoms with van der Waals surface area (Å²) >= 11 is 9.02. The Labute approximate surface area is 147 Å². The van der Waals surface area contributed by atoms with Crippen molar-refractivity contribution >= 4 is 43.2 Å². The van der Waals surface area contributed by atoms with Gasteiger partial charge in [-0.1, -0.05) is 34.1 Å².